The molecule has 5 rings (SSSR count). The summed E-state index contributed by atoms with van der Waals surface area (Å²) in [4.78, 5) is 15.4. The molecule has 2 heterocycles. The van der Waals surface area contributed by atoms with Gasteiger partial charge in [-0.2, -0.15) is 0 Å². The first kappa shape index (κ1) is 26.7. The standard InChI is InChI=1S/C20H9N4.C11H8N.Ir/c1-22-19-15(12-21)8-10-17(20(19)23-2)18-11-9-16(13-24-18)14-6-4-3-5-7-14;1-2-6-10(7-3-1)11-8-4-5-9-12-11;/h3-9,11,13H;1-6,8-9H;/q2*-1;. The zero-order chi connectivity index (χ0) is 25.2. The summed E-state index contributed by atoms with van der Waals surface area (Å²) in [6, 6.07) is 36.6. The number of hydrogen-bond acceptors (Lipinski definition) is 3. The van der Waals surface area contributed by atoms with Crippen LogP contribution in [0.5, 0.6) is 0 Å². The summed E-state index contributed by atoms with van der Waals surface area (Å²) in [5.41, 5.74) is 5.33. The van der Waals surface area contributed by atoms with Crippen molar-refractivity contribution in [2.24, 2.45) is 0 Å². The van der Waals surface area contributed by atoms with E-state index in [1.165, 1.54) is 6.07 Å². The normalized spacial score (nSPS) is 9.32. The van der Waals surface area contributed by atoms with Gasteiger partial charge in [0.2, 0.25) is 11.4 Å². The zero-order valence-corrected chi connectivity index (χ0v) is 21.8. The number of pyridine rings is 2. The second-order valence-corrected chi connectivity index (χ2v) is 7.40. The molecule has 5 aromatic rings. The van der Waals surface area contributed by atoms with E-state index in [-0.39, 0.29) is 37.0 Å². The minimum absolute atomic E-state index is 0. The summed E-state index contributed by atoms with van der Waals surface area (Å²) in [5.74, 6) is 0. The van der Waals surface area contributed by atoms with Crippen molar-refractivity contribution < 1.29 is 20.1 Å². The molecule has 177 valence electrons. The molecule has 0 aliphatic carbocycles. The van der Waals surface area contributed by atoms with Crippen LogP contribution in [0.25, 0.3) is 43.3 Å². The van der Waals surface area contributed by atoms with Crippen LogP contribution in [0.15, 0.2) is 103 Å². The van der Waals surface area contributed by atoms with Gasteiger partial charge in [0.05, 0.1) is 6.57 Å². The van der Waals surface area contributed by atoms with Crippen molar-refractivity contribution in [3.05, 3.63) is 144 Å². The Balaban J connectivity index is 0.000000246. The maximum absolute atomic E-state index is 9.06. The summed E-state index contributed by atoms with van der Waals surface area (Å²) in [6.45, 7) is 14.6. The average Bonchev–Trinajstić information content (AvgIpc) is 2.98. The van der Waals surface area contributed by atoms with E-state index in [4.69, 9.17) is 18.4 Å². The Morgan fingerprint density at radius 3 is 2.08 bits per heavy atom. The Morgan fingerprint density at radius 1 is 0.730 bits per heavy atom. The predicted molar refractivity (Wildman–Crippen MR) is 140 cm³/mol. The number of rotatable bonds is 3. The molecule has 0 bridgehead atoms. The number of aromatic nitrogens is 2. The Morgan fingerprint density at radius 2 is 1.49 bits per heavy atom. The van der Waals surface area contributed by atoms with Crippen LogP contribution in [0.4, 0.5) is 11.4 Å². The van der Waals surface area contributed by atoms with Gasteiger partial charge >= 0.3 is 0 Å². The maximum atomic E-state index is 9.06. The van der Waals surface area contributed by atoms with E-state index >= 15 is 0 Å². The van der Waals surface area contributed by atoms with Gasteiger partial charge in [0.1, 0.15) is 6.57 Å². The molecule has 6 heteroatoms. The number of hydrogen-bond donors (Lipinski definition) is 0. The van der Waals surface area contributed by atoms with Gasteiger partial charge in [-0.3, -0.25) is 0 Å². The summed E-state index contributed by atoms with van der Waals surface area (Å²) in [7, 11) is 0. The SMILES string of the molecule is [C-]#[N+]c1c(-c2ccc(-c3ccccc3)cn2)[c-]cc(C#N)c1[N+]#[C-].[Ir].[c-]1ccccc1-c1ccccn1. The second kappa shape index (κ2) is 13.2. The monoisotopic (exact) mass is 652 g/mol. The Hall–Kier alpha value is -4.92. The molecule has 0 aliphatic heterocycles. The van der Waals surface area contributed by atoms with Crippen molar-refractivity contribution in [3.8, 4) is 39.7 Å². The first-order valence-electron chi connectivity index (χ1n) is 10.9. The third-order valence-corrected chi connectivity index (χ3v) is 5.20. The molecule has 0 amide bonds. The minimum Gasteiger partial charge on any atom is -0.305 e. The number of nitriles is 1. The van der Waals surface area contributed by atoms with E-state index < -0.39 is 0 Å². The molecule has 37 heavy (non-hydrogen) atoms. The summed E-state index contributed by atoms with van der Waals surface area (Å²) < 4.78 is 0. The largest absolute Gasteiger partial charge is 0.305 e. The fourth-order valence-corrected chi connectivity index (χ4v) is 3.45. The van der Waals surface area contributed by atoms with E-state index in [2.05, 4.69) is 31.8 Å². The topological polar surface area (TPSA) is 58.3 Å². The van der Waals surface area contributed by atoms with Crippen LogP contribution in [0.3, 0.4) is 0 Å². The van der Waals surface area contributed by atoms with Gasteiger partial charge in [-0.15, -0.1) is 48.0 Å². The van der Waals surface area contributed by atoms with Gasteiger partial charge in [-0.05, 0) is 39.7 Å². The van der Waals surface area contributed by atoms with Crippen molar-refractivity contribution in [3.63, 3.8) is 0 Å². The average molecular weight is 652 g/mol. The number of nitrogens with zero attached hydrogens (tertiary/aromatic N) is 5. The van der Waals surface area contributed by atoms with Gasteiger partial charge in [0.15, 0.2) is 0 Å². The molecule has 3 aromatic carbocycles. The van der Waals surface area contributed by atoms with Crippen LogP contribution >= 0.6 is 0 Å². The van der Waals surface area contributed by atoms with Crippen LogP contribution < -0.4 is 0 Å². The molecule has 0 spiro atoms. The van der Waals surface area contributed by atoms with Crippen molar-refractivity contribution in [2.75, 3.05) is 0 Å². The van der Waals surface area contributed by atoms with Gasteiger partial charge in [0, 0.05) is 38.6 Å². The fraction of sp³-hybridized carbons (Fsp3) is 0. The first-order chi connectivity index (χ1) is 17.7. The molecule has 0 N–H and O–H groups in total. The van der Waals surface area contributed by atoms with E-state index in [0.29, 0.717) is 11.3 Å². The summed E-state index contributed by atoms with van der Waals surface area (Å²) >= 11 is 0. The Labute approximate surface area is 229 Å². The molecular formula is C31H17IrN5-2. The maximum Gasteiger partial charge on any atom is 0.244 e. The molecule has 1 radical (unpaired) electrons. The van der Waals surface area contributed by atoms with Crippen LogP contribution in [-0.4, -0.2) is 9.97 Å². The van der Waals surface area contributed by atoms with E-state index in [9.17, 15) is 0 Å². The van der Waals surface area contributed by atoms with Crippen molar-refractivity contribution in [1.29, 1.82) is 5.26 Å². The molecule has 2 aromatic heterocycles. The van der Waals surface area contributed by atoms with Crippen LogP contribution in [0.2, 0.25) is 0 Å². The summed E-state index contributed by atoms with van der Waals surface area (Å²) in [6.07, 6.45) is 3.51. The van der Waals surface area contributed by atoms with Crippen LogP contribution in [0, 0.1) is 36.6 Å². The zero-order valence-electron chi connectivity index (χ0n) is 19.4. The minimum atomic E-state index is 0. The first-order valence-corrected chi connectivity index (χ1v) is 10.9. The van der Waals surface area contributed by atoms with Gasteiger partial charge < -0.3 is 9.97 Å². The Kier molecular flexibility index (Phi) is 9.55. The quantitative estimate of drug-likeness (QED) is 0.188. The van der Waals surface area contributed by atoms with Crippen LogP contribution in [0.1, 0.15) is 5.56 Å². The molecule has 0 aliphatic rings. The van der Waals surface area contributed by atoms with Gasteiger partial charge in [0.25, 0.3) is 0 Å². The van der Waals surface area contributed by atoms with E-state index in [0.717, 1.165) is 22.4 Å². The van der Waals surface area contributed by atoms with Crippen molar-refractivity contribution in [2.45, 2.75) is 0 Å². The smallest absolute Gasteiger partial charge is 0.244 e. The molecule has 0 fully saturated rings. The van der Waals surface area contributed by atoms with E-state index in [1.54, 1.807) is 18.5 Å². The van der Waals surface area contributed by atoms with Crippen molar-refractivity contribution in [1.82, 2.24) is 9.97 Å². The van der Waals surface area contributed by atoms with Gasteiger partial charge in [-0.1, -0.05) is 54.6 Å². The predicted octanol–water partition coefficient (Wildman–Crippen LogP) is 7.74. The third-order valence-electron chi connectivity index (χ3n) is 5.20. The van der Waals surface area contributed by atoms with Crippen LogP contribution in [-0.2, 0) is 20.1 Å². The molecule has 5 nitrogen and oxygen atoms in total. The molecular weight excluding hydrogens is 635 g/mol. The molecule has 0 atom stereocenters. The van der Waals surface area contributed by atoms with Crippen molar-refractivity contribution >= 4 is 11.4 Å². The third kappa shape index (κ3) is 6.40. The molecule has 0 saturated carbocycles. The molecule has 0 saturated heterocycles. The summed E-state index contributed by atoms with van der Waals surface area (Å²) in [5, 5.41) is 9.06. The van der Waals surface area contributed by atoms with E-state index in [1.807, 2.05) is 84.9 Å². The molecule has 0 unspecified atom stereocenters. The number of benzene rings is 3. The fourth-order valence-electron chi connectivity index (χ4n) is 3.45. The Bertz CT molecular complexity index is 1540. The van der Waals surface area contributed by atoms with Gasteiger partial charge in [-0.25, -0.2) is 15.0 Å². The second-order valence-electron chi connectivity index (χ2n) is 7.40.